The average Bonchev–Trinajstić information content (AvgIpc) is 2.80. The number of benzene rings is 3. The van der Waals surface area contributed by atoms with E-state index in [9.17, 15) is 17.6 Å². The zero-order valence-corrected chi connectivity index (χ0v) is 19.8. The van der Waals surface area contributed by atoms with Gasteiger partial charge in [-0.25, -0.2) is 12.8 Å². The van der Waals surface area contributed by atoms with Crippen molar-refractivity contribution in [3.05, 3.63) is 76.5 Å². The number of halogens is 3. The molecule has 3 aromatic carbocycles. The van der Waals surface area contributed by atoms with Gasteiger partial charge in [-0.15, -0.1) is 0 Å². The van der Waals surface area contributed by atoms with E-state index in [-0.39, 0.29) is 21.4 Å². The minimum absolute atomic E-state index is 0.0930. The van der Waals surface area contributed by atoms with Crippen LogP contribution < -0.4 is 19.1 Å². The first kappa shape index (κ1) is 24.6. The number of carbonyl (C=O) groups excluding carboxylic acids is 1. The molecule has 0 unspecified atom stereocenters. The summed E-state index contributed by atoms with van der Waals surface area (Å²) >= 11 is 11.9. The van der Waals surface area contributed by atoms with E-state index in [0.29, 0.717) is 16.5 Å². The SMILES string of the molecule is COc1ccc(S(=O)(=O)N(CC(=O)Nc2ccc(Cl)c(Cl)c2)c2ccc(F)cc2)cc1OC. The Kier molecular flexibility index (Phi) is 7.68. The highest BCUT2D eigenvalue weighted by Gasteiger charge is 2.28. The van der Waals surface area contributed by atoms with Gasteiger partial charge in [0.1, 0.15) is 12.4 Å². The summed E-state index contributed by atoms with van der Waals surface area (Å²) in [7, 11) is -1.47. The van der Waals surface area contributed by atoms with Gasteiger partial charge in [0.2, 0.25) is 5.91 Å². The van der Waals surface area contributed by atoms with Crippen molar-refractivity contribution in [2.45, 2.75) is 4.90 Å². The second kappa shape index (κ2) is 10.3. The van der Waals surface area contributed by atoms with Crippen molar-refractivity contribution < 1.29 is 27.1 Å². The molecule has 7 nitrogen and oxygen atoms in total. The third kappa shape index (κ3) is 5.68. The maximum atomic E-state index is 13.5. The van der Waals surface area contributed by atoms with E-state index >= 15 is 0 Å². The smallest absolute Gasteiger partial charge is 0.264 e. The maximum Gasteiger partial charge on any atom is 0.264 e. The molecule has 3 rings (SSSR count). The van der Waals surface area contributed by atoms with E-state index < -0.39 is 28.3 Å². The van der Waals surface area contributed by atoms with Gasteiger partial charge in [-0.2, -0.15) is 0 Å². The van der Waals surface area contributed by atoms with Crippen molar-refractivity contribution in [3.63, 3.8) is 0 Å². The molecule has 0 aromatic heterocycles. The third-order valence-electron chi connectivity index (χ3n) is 4.55. The van der Waals surface area contributed by atoms with Crippen LogP contribution in [0.4, 0.5) is 15.8 Å². The van der Waals surface area contributed by atoms with E-state index in [1.165, 1.54) is 62.8 Å². The van der Waals surface area contributed by atoms with Gasteiger partial charge >= 0.3 is 0 Å². The average molecular weight is 513 g/mol. The Labute approximate surface area is 200 Å². The summed E-state index contributed by atoms with van der Waals surface area (Å²) < 4.78 is 51.7. The van der Waals surface area contributed by atoms with Crippen molar-refractivity contribution in [2.75, 3.05) is 30.4 Å². The number of sulfonamides is 1. The molecule has 0 radical (unpaired) electrons. The van der Waals surface area contributed by atoms with E-state index in [1.54, 1.807) is 0 Å². The summed E-state index contributed by atoms with van der Waals surface area (Å²) in [4.78, 5) is 12.6. The van der Waals surface area contributed by atoms with Crippen LogP contribution in [0.2, 0.25) is 10.0 Å². The lowest BCUT2D eigenvalue weighted by Crippen LogP contribution is -2.38. The second-order valence-electron chi connectivity index (χ2n) is 6.68. The maximum absolute atomic E-state index is 13.5. The summed E-state index contributed by atoms with van der Waals surface area (Å²) in [6.45, 7) is -0.595. The zero-order chi connectivity index (χ0) is 24.2. The Hall–Kier alpha value is -3.01. The molecule has 11 heteroatoms. The molecule has 0 bridgehead atoms. The number of methoxy groups -OCH3 is 2. The van der Waals surface area contributed by atoms with Crippen LogP contribution in [0.25, 0.3) is 0 Å². The molecule has 1 N–H and O–H groups in total. The van der Waals surface area contributed by atoms with Crippen molar-refractivity contribution in [1.82, 2.24) is 0 Å². The fourth-order valence-corrected chi connectivity index (χ4v) is 4.67. The highest BCUT2D eigenvalue weighted by molar-refractivity contribution is 7.92. The lowest BCUT2D eigenvalue weighted by atomic mass is 10.3. The molecule has 0 aliphatic rings. The van der Waals surface area contributed by atoms with E-state index in [4.69, 9.17) is 32.7 Å². The quantitative estimate of drug-likeness (QED) is 0.459. The Morgan fingerprint density at radius 2 is 1.61 bits per heavy atom. The van der Waals surface area contributed by atoms with Gasteiger partial charge in [-0.1, -0.05) is 23.2 Å². The number of amides is 1. The number of rotatable bonds is 8. The zero-order valence-electron chi connectivity index (χ0n) is 17.5. The van der Waals surface area contributed by atoms with Crippen molar-refractivity contribution >= 4 is 50.5 Å². The Balaban J connectivity index is 1.98. The van der Waals surface area contributed by atoms with Gasteiger partial charge in [-0.05, 0) is 54.6 Å². The largest absolute Gasteiger partial charge is 0.493 e. The number of nitrogens with zero attached hydrogens (tertiary/aromatic N) is 1. The molecule has 33 heavy (non-hydrogen) atoms. The highest BCUT2D eigenvalue weighted by Crippen LogP contribution is 2.32. The Bertz CT molecular complexity index is 1270. The molecule has 0 heterocycles. The minimum Gasteiger partial charge on any atom is -0.493 e. The number of hydrogen-bond donors (Lipinski definition) is 1. The van der Waals surface area contributed by atoms with Crippen LogP contribution in [0.15, 0.2) is 65.6 Å². The molecule has 0 atom stereocenters. The minimum atomic E-state index is -4.26. The monoisotopic (exact) mass is 512 g/mol. The van der Waals surface area contributed by atoms with Gasteiger partial charge in [0.05, 0.1) is 34.8 Å². The second-order valence-corrected chi connectivity index (χ2v) is 9.36. The van der Waals surface area contributed by atoms with Crippen molar-refractivity contribution in [2.24, 2.45) is 0 Å². The van der Waals surface area contributed by atoms with Crippen LogP contribution in [0.3, 0.4) is 0 Å². The summed E-state index contributed by atoms with van der Waals surface area (Å²) in [5.41, 5.74) is 0.424. The van der Waals surface area contributed by atoms with Crippen LogP contribution in [0, 0.1) is 5.82 Å². The van der Waals surface area contributed by atoms with Gasteiger partial charge < -0.3 is 14.8 Å². The van der Waals surface area contributed by atoms with Crippen LogP contribution >= 0.6 is 23.2 Å². The fraction of sp³-hybridized carbons (Fsp3) is 0.136. The van der Waals surface area contributed by atoms with Crippen LogP contribution in [0.5, 0.6) is 11.5 Å². The standard InChI is InChI=1S/C22H19Cl2FN2O5S/c1-31-20-10-8-17(12-21(20)32-2)33(29,30)27(16-6-3-14(25)4-7-16)13-22(28)26-15-5-9-18(23)19(24)11-15/h3-12H,13H2,1-2H3,(H,26,28). The van der Waals surface area contributed by atoms with Crippen LogP contribution in [-0.4, -0.2) is 35.1 Å². The molecule has 0 saturated carbocycles. The predicted molar refractivity (Wildman–Crippen MR) is 126 cm³/mol. The molecule has 0 aliphatic heterocycles. The number of carbonyl (C=O) groups is 1. The first-order valence-corrected chi connectivity index (χ1v) is 11.6. The molecule has 3 aromatic rings. The van der Waals surface area contributed by atoms with Gasteiger partial charge in [0, 0.05) is 11.8 Å². The Morgan fingerprint density at radius 1 is 0.939 bits per heavy atom. The molecular formula is C22H19Cl2FN2O5S. The highest BCUT2D eigenvalue weighted by atomic mass is 35.5. The van der Waals surface area contributed by atoms with E-state index in [1.807, 2.05) is 0 Å². The fourth-order valence-electron chi connectivity index (χ4n) is 2.93. The van der Waals surface area contributed by atoms with Crippen LogP contribution in [0.1, 0.15) is 0 Å². The van der Waals surface area contributed by atoms with Gasteiger partial charge in [-0.3, -0.25) is 9.10 Å². The van der Waals surface area contributed by atoms with Crippen molar-refractivity contribution in [3.8, 4) is 11.5 Å². The molecule has 0 saturated heterocycles. The molecule has 0 aliphatic carbocycles. The third-order valence-corrected chi connectivity index (χ3v) is 7.06. The number of hydrogen-bond acceptors (Lipinski definition) is 5. The van der Waals surface area contributed by atoms with E-state index in [2.05, 4.69) is 5.32 Å². The molecule has 0 fully saturated rings. The first-order valence-electron chi connectivity index (χ1n) is 9.41. The lowest BCUT2D eigenvalue weighted by molar-refractivity contribution is -0.114. The summed E-state index contributed by atoms with van der Waals surface area (Å²) in [6, 6.07) is 13.2. The molecule has 1 amide bonds. The number of anilines is 2. The van der Waals surface area contributed by atoms with E-state index in [0.717, 1.165) is 16.4 Å². The first-order chi connectivity index (χ1) is 15.6. The number of ether oxygens (including phenoxy) is 2. The number of nitrogens with one attached hydrogen (secondary N) is 1. The lowest BCUT2D eigenvalue weighted by Gasteiger charge is -2.24. The van der Waals surface area contributed by atoms with Crippen LogP contribution in [-0.2, 0) is 14.8 Å². The van der Waals surface area contributed by atoms with Gasteiger partial charge in [0.25, 0.3) is 10.0 Å². The topological polar surface area (TPSA) is 84.9 Å². The normalized spacial score (nSPS) is 11.1. The predicted octanol–water partition coefficient (Wildman–Crippen LogP) is 4.98. The summed E-state index contributed by atoms with van der Waals surface area (Å²) in [5, 5.41) is 3.11. The molecule has 174 valence electrons. The summed E-state index contributed by atoms with van der Waals surface area (Å²) in [5.74, 6) is -0.677. The van der Waals surface area contributed by atoms with Crippen molar-refractivity contribution in [1.29, 1.82) is 0 Å². The Morgan fingerprint density at radius 3 is 2.21 bits per heavy atom. The summed E-state index contributed by atoms with van der Waals surface area (Å²) in [6.07, 6.45) is 0. The van der Waals surface area contributed by atoms with Gasteiger partial charge in [0.15, 0.2) is 11.5 Å². The molecule has 0 spiro atoms. The molecular weight excluding hydrogens is 494 g/mol.